The lowest BCUT2D eigenvalue weighted by Gasteiger charge is -2.22. The van der Waals surface area contributed by atoms with E-state index in [0.29, 0.717) is 0 Å². The van der Waals surface area contributed by atoms with Gasteiger partial charge in [-0.2, -0.15) is 0 Å². The van der Waals surface area contributed by atoms with E-state index in [2.05, 4.69) is 107 Å². The Kier molecular flexibility index (Phi) is 6.75. The third-order valence-electron chi connectivity index (χ3n) is 8.65. The predicted octanol–water partition coefficient (Wildman–Crippen LogP) is 9.44. The zero-order chi connectivity index (χ0) is 30.3. The van der Waals surface area contributed by atoms with Gasteiger partial charge in [0.1, 0.15) is 17.3 Å². The molecule has 2 unspecified atom stereocenters. The number of aliphatic imine (C=N–C) groups is 1. The molecule has 2 aromatic heterocycles. The van der Waals surface area contributed by atoms with Crippen molar-refractivity contribution in [1.82, 2.24) is 9.88 Å². The standard InChI is InChI=1S/C40H32N4O/c1-26(42-40(28-16-6-3-7-17-28)43-39(41)27-14-4-2-5-15-27)29-20-12-21-32-37-35(24-13-25-36(37)45-38(29)32)44-33-22-10-8-18-30(33)31-19-9-11-23-34(31)44/h2-25,39-40,43H,41H2,1H3/b42-26+. The highest BCUT2D eigenvalue weighted by Gasteiger charge is 2.21. The predicted molar refractivity (Wildman–Crippen MR) is 186 cm³/mol. The molecule has 6 aromatic carbocycles. The number of para-hydroxylation sites is 3. The monoisotopic (exact) mass is 584 g/mol. The van der Waals surface area contributed by atoms with Crippen LogP contribution in [0.15, 0.2) is 155 Å². The molecular formula is C40H32N4O. The second-order valence-electron chi connectivity index (χ2n) is 11.4. The number of fused-ring (bicyclic) bond motifs is 6. The van der Waals surface area contributed by atoms with Gasteiger partial charge in [-0.3, -0.25) is 10.3 Å². The van der Waals surface area contributed by atoms with Crippen LogP contribution in [-0.2, 0) is 0 Å². The van der Waals surface area contributed by atoms with Crippen LogP contribution in [0.3, 0.4) is 0 Å². The molecule has 0 amide bonds. The fraction of sp³-hybridized carbons (Fsp3) is 0.0750. The summed E-state index contributed by atoms with van der Waals surface area (Å²) in [5, 5.41) is 8.14. The van der Waals surface area contributed by atoms with E-state index in [1.807, 2.05) is 55.5 Å². The lowest BCUT2D eigenvalue weighted by Crippen LogP contribution is -2.32. The molecule has 0 saturated heterocycles. The topological polar surface area (TPSA) is 68.5 Å². The minimum atomic E-state index is -0.385. The molecule has 2 heterocycles. The summed E-state index contributed by atoms with van der Waals surface area (Å²) in [6.45, 7) is 2.04. The number of rotatable bonds is 7. The van der Waals surface area contributed by atoms with E-state index in [9.17, 15) is 0 Å². The van der Waals surface area contributed by atoms with E-state index in [1.165, 1.54) is 21.8 Å². The number of benzene rings is 6. The van der Waals surface area contributed by atoms with Crippen molar-refractivity contribution in [1.29, 1.82) is 0 Å². The molecule has 0 aliphatic rings. The van der Waals surface area contributed by atoms with E-state index < -0.39 is 0 Å². The first-order valence-electron chi connectivity index (χ1n) is 15.3. The molecular weight excluding hydrogens is 552 g/mol. The zero-order valence-electron chi connectivity index (χ0n) is 24.9. The molecule has 3 N–H and O–H groups in total. The van der Waals surface area contributed by atoms with Gasteiger partial charge in [0.2, 0.25) is 0 Å². The molecule has 0 aliphatic heterocycles. The molecule has 0 aliphatic carbocycles. The number of hydrogen-bond acceptors (Lipinski definition) is 4. The molecule has 0 fully saturated rings. The summed E-state index contributed by atoms with van der Waals surface area (Å²) in [4.78, 5) is 5.22. The number of nitrogens with two attached hydrogens (primary N) is 1. The Morgan fingerprint density at radius 2 is 1.22 bits per heavy atom. The molecule has 45 heavy (non-hydrogen) atoms. The second-order valence-corrected chi connectivity index (χ2v) is 11.4. The minimum absolute atomic E-state index is 0.353. The molecule has 0 spiro atoms. The van der Waals surface area contributed by atoms with E-state index in [0.717, 1.165) is 50.0 Å². The molecule has 0 radical (unpaired) electrons. The number of nitrogens with zero attached hydrogens (tertiary/aromatic N) is 2. The average molecular weight is 585 g/mol. The van der Waals surface area contributed by atoms with Crippen LogP contribution in [0.25, 0.3) is 49.4 Å². The Morgan fingerprint density at radius 1 is 0.644 bits per heavy atom. The Labute approximate surface area is 261 Å². The van der Waals surface area contributed by atoms with Gasteiger partial charge < -0.3 is 14.7 Å². The lowest BCUT2D eigenvalue weighted by atomic mass is 10.0. The van der Waals surface area contributed by atoms with Crippen LogP contribution in [0.2, 0.25) is 0 Å². The van der Waals surface area contributed by atoms with Crippen molar-refractivity contribution in [2.24, 2.45) is 10.7 Å². The molecule has 8 aromatic rings. The average Bonchev–Trinajstić information content (AvgIpc) is 3.65. The van der Waals surface area contributed by atoms with Gasteiger partial charge in [-0.15, -0.1) is 0 Å². The Hall–Kier alpha value is -5.49. The van der Waals surface area contributed by atoms with Crippen molar-refractivity contribution >= 4 is 49.5 Å². The highest BCUT2D eigenvalue weighted by Crippen LogP contribution is 2.39. The smallest absolute Gasteiger partial charge is 0.144 e. The summed E-state index contributed by atoms with van der Waals surface area (Å²) in [6.07, 6.45) is -0.738. The van der Waals surface area contributed by atoms with Crippen LogP contribution < -0.4 is 11.1 Å². The van der Waals surface area contributed by atoms with Crippen LogP contribution >= 0.6 is 0 Å². The van der Waals surface area contributed by atoms with Crippen molar-refractivity contribution in [3.05, 3.63) is 162 Å². The van der Waals surface area contributed by atoms with Crippen LogP contribution in [0.1, 0.15) is 35.9 Å². The second kappa shape index (κ2) is 11.2. The van der Waals surface area contributed by atoms with E-state index in [1.54, 1.807) is 0 Å². The molecule has 0 saturated carbocycles. The highest BCUT2D eigenvalue weighted by molar-refractivity contribution is 6.18. The van der Waals surface area contributed by atoms with Gasteiger partial charge in [-0.25, -0.2) is 0 Å². The van der Waals surface area contributed by atoms with Gasteiger partial charge in [-0.05, 0) is 48.4 Å². The van der Waals surface area contributed by atoms with Crippen molar-refractivity contribution < 1.29 is 4.42 Å². The summed E-state index contributed by atoms with van der Waals surface area (Å²) in [5.41, 5.74) is 15.6. The van der Waals surface area contributed by atoms with Gasteiger partial charge in [0, 0.05) is 27.4 Å². The molecule has 218 valence electrons. The Bertz CT molecular complexity index is 2280. The van der Waals surface area contributed by atoms with Gasteiger partial charge in [0.25, 0.3) is 0 Å². The van der Waals surface area contributed by atoms with Gasteiger partial charge in [0.15, 0.2) is 0 Å². The van der Waals surface area contributed by atoms with Crippen molar-refractivity contribution in [2.45, 2.75) is 19.3 Å². The van der Waals surface area contributed by atoms with Crippen LogP contribution in [0.4, 0.5) is 0 Å². The van der Waals surface area contributed by atoms with Gasteiger partial charge in [0.05, 0.1) is 28.3 Å². The molecule has 8 rings (SSSR count). The molecule has 0 bridgehead atoms. The van der Waals surface area contributed by atoms with Crippen LogP contribution in [0.5, 0.6) is 0 Å². The summed E-state index contributed by atoms with van der Waals surface area (Å²) in [7, 11) is 0. The zero-order valence-corrected chi connectivity index (χ0v) is 24.9. The Morgan fingerprint density at radius 3 is 1.91 bits per heavy atom. The van der Waals surface area contributed by atoms with Gasteiger partial charge >= 0.3 is 0 Å². The normalized spacial score (nSPS) is 13.6. The van der Waals surface area contributed by atoms with Crippen molar-refractivity contribution in [3.63, 3.8) is 0 Å². The molecule has 5 heteroatoms. The Balaban J connectivity index is 1.28. The SMILES string of the molecule is C/C(=N\C(NC(N)c1ccccc1)c1ccccc1)c1cccc2c1oc1cccc(-n3c4ccccc4c4ccccc43)c12. The summed E-state index contributed by atoms with van der Waals surface area (Å²) < 4.78 is 9.02. The van der Waals surface area contributed by atoms with Crippen molar-refractivity contribution in [2.75, 3.05) is 0 Å². The number of furan rings is 1. The lowest BCUT2D eigenvalue weighted by molar-refractivity contribution is 0.466. The fourth-order valence-electron chi connectivity index (χ4n) is 6.52. The summed E-state index contributed by atoms with van der Waals surface area (Å²) in [5.74, 6) is 0. The first kappa shape index (κ1) is 27.1. The summed E-state index contributed by atoms with van der Waals surface area (Å²) in [6, 6.07) is 50.1. The first-order chi connectivity index (χ1) is 22.2. The molecule has 5 nitrogen and oxygen atoms in total. The van der Waals surface area contributed by atoms with E-state index >= 15 is 0 Å². The maximum absolute atomic E-state index is 6.67. The number of aromatic nitrogens is 1. The largest absolute Gasteiger partial charge is 0.455 e. The minimum Gasteiger partial charge on any atom is -0.455 e. The summed E-state index contributed by atoms with van der Waals surface area (Å²) >= 11 is 0. The number of hydrogen-bond donors (Lipinski definition) is 2. The maximum atomic E-state index is 6.67. The van der Waals surface area contributed by atoms with E-state index in [4.69, 9.17) is 15.1 Å². The molecule has 2 atom stereocenters. The van der Waals surface area contributed by atoms with Gasteiger partial charge in [-0.1, -0.05) is 115 Å². The third kappa shape index (κ3) is 4.70. The number of nitrogens with one attached hydrogen (secondary N) is 1. The first-order valence-corrected chi connectivity index (χ1v) is 15.3. The quantitative estimate of drug-likeness (QED) is 0.145. The fourth-order valence-corrected chi connectivity index (χ4v) is 6.52. The highest BCUT2D eigenvalue weighted by atomic mass is 16.3. The third-order valence-corrected chi connectivity index (χ3v) is 8.65. The maximum Gasteiger partial charge on any atom is 0.144 e. The van der Waals surface area contributed by atoms with Crippen LogP contribution in [-0.4, -0.2) is 10.3 Å². The van der Waals surface area contributed by atoms with E-state index in [-0.39, 0.29) is 12.3 Å². The van der Waals surface area contributed by atoms with Crippen molar-refractivity contribution in [3.8, 4) is 5.69 Å². The van der Waals surface area contributed by atoms with Crippen LogP contribution in [0, 0.1) is 0 Å².